The fraction of sp³-hybridized carbons (Fsp3) is 0.400. The van der Waals surface area contributed by atoms with Gasteiger partial charge in [0.2, 0.25) is 10.8 Å². The van der Waals surface area contributed by atoms with E-state index in [1.165, 1.54) is 25.6 Å². The Morgan fingerprint density at radius 1 is 1.50 bits per heavy atom. The Kier molecular flexibility index (Phi) is 5.25. The third-order valence-corrected chi connectivity index (χ3v) is 2.44. The van der Waals surface area contributed by atoms with E-state index in [2.05, 4.69) is 24.7 Å². The molecule has 0 unspecified atom stereocenters. The number of ether oxygens (including phenoxy) is 1. The maximum Gasteiger partial charge on any atom is 0.362 e. The highest BCUT2D eigenvalue weighted by molar-refractivity contribution is 7.13. The van der Waals surface area contributed by atoms with Crippen LogP contribution >= 0.6 is 11.3 Å². The first kappa shape index (κ1) is 14.1. The second-order valence-corrected chi connectivity index (χ2v) is 4.17. The molecule has 0 saturated heterocycles. The number of nitrogens with zero attached hydrogens (tertiary/aromatic N) is 4. The molecule has 0 fully saturated rings. The third-order valence-electron chi connectivity index (χ3n) is 1.70. The number of carbonyl (C=O) groups excluding carboxylic acids is 1. The molecule has 0 atom stereocenters. The van der Waals surface area contributed by atoms with Crippen molar-refractivity contribution in [2.75, 3.05) is 28.3 Å². The zero-order valence-electron chi connectivity index (χ0n) is 10.6. The quantitative estimate of drug-likeness (QED) is 0.344. The summed E-state index contributed by atoms with van der Waals surface area (Å²) in [6.07, 6.45) is 1.62. The van der Waals surface area contributed by atoms with Crippen LogP contribution in [0.2, 0.25) is 0 Å². The molecule has 1 aromatic heterocycles. The number of carbonyl (C=O) groups is 1. The summed E-state index contributed by atoms with van der Waals surface area (Å²) in [6.45, 7) is 0. The lowest BCUT2D eigenvalue weighted by molar-refractivity contribution is -0.132. The van der Waals surface area contributed by atoms with E-state index < -0.39 is 5.97 Å². The minimum Gasteiger partial charge on any atom is -0.464 e. The van der Waals surface area contributed by atoms with Crippen LogP contribution in [-0.4, -0.2) is 56.2 Å². The van der Waals surface area contributed by atoms with Gasteiger partial charge in [0.25, 0.3) is 0 Å². The Morgan fingerprint density at radius 3 is 2.78 bits per heavy atom. The summed E-state index contributed by atoms with van der Waals surface area (Å²) in [5.74, 6) is -0.606. The lowest BCUT2D eigenvalue weighted by Gasteiger charge is -2.00. The Bertz CT molecular complexity index is 467. The van der Waals surface area contributed by atoms with E-state index in [0.29, 0.717) is 10.8 Å². The van der Waals surface area contributed by atoms with E-state index in [0.717, 1.165) is 0 Å². The monoisotopic (exact) mass is 270 g/mol. The summed E-state index contributed by atoms with van der Waals surface area (Å²) < 4.78 is 4.60. The molecular formula is C10H14N4O3S. The molecule has 1 heterocycles. The number of aliphatic imine (C=N–C) groups is 1. The van der Waals surface area contributed by atoms with E-state index in [4.69, 9.17) is 0 Å². The molecular weight excluding hydrogens is 256 g/mol. The van der Waals surface area contributed by atoms with E-state index in [1.54, 1.807) is 16.6 Å². The van der Waals surface area contributed by atoms with Gasteiger partial charge < -0.3 is 14.5 Å². The molecule has 0 amide bonds. The number of hydrogen-bond donors (Lipinski definition) is 0. The van der Waals surface area contributed by atoms with Crippen LogP contribution in [0.15, 0.2) is 15.5 Å². The molecule has 18 heavy (non-hydrogen) atoms. The lowest BCUT2D eigenvalue weighted by Crippen LogP contribution is -2.17. The minimum atomic E-state index is -0.606. The zero-order chi connectivity index (χ0) is 13.5. The molecule has 8 heteroatoms. The number of methoxy groups -OCH3 is 1. The Balaban J connectivity index is 2.95. The van der Waals surface area contributed by atoms with Crippen LogP contribution in [0.1, 0.15) is 5.69 Å². The van der Waals surface area contributed by atoms with Gasteiger partial charge in [0.1, 0.15) is 12.8 Å². The second-order valence-electron chi connectivity index (χ2n) is 3.34. The molecule has 1 rings (SSSR count). The molecule has 0 spiro atoms. The molecule has 0 saturated carbocycles. The van der Waals surface area contributed by atoms with Gasteiger partial charge >= 0.3 is 5.97 Å². The van der Waals surface area contributed by atoms with Crippen molar-refractivity contribution >= 4 is 34.5 Å². The zero-order valence-corrected chi connectivity index (χ0v) is 11.4. The maximum absolute atomic E-state index is 11.5. The van der Waals surface area contributed by atoms with Crippen LogP contribution in [-0.2, 0) is 14.4 Å². The van der Waals surface area contributed by atoms with Crippen LogP contribution in [0.25, 0.3) is 0 Å². The first-order valence-corrected chi connectivity index (χ1v) is 5.82. The van der Waals surface area contributed by atoms with Crippen LogP contribution < -0.4 is 0 Å². The molecule has 0 aromatic carbocycles. The highest BCUT2D eigenvalue weighted by atomic mass is 32.1. The minimum absolute atomic E-state index is 0.0163. The standard InChI is InChI=1S/C10H14N4O3S/c1-14(2)6-11-10-12-7(5-18-10)8(13-17-4)9(15)16-3/h5-6H,1-4H3. The average molecular weight is 270 g/mol. The third kappa shape index (κ3) is 3.81. The van der Waals surface area contributed by atoms with Gasteiger partial charge in [0, 0.05) is 19.5 Å². The smallest absolute Gasteiger partial charge is 0.362 e. The normalized spacial score (nSPS) is 11.7. The van der Waals surface area contributed by atoms with Gasteiger partial charge in [0.05, 0.1) is 13.4 Å². The van der Waals surface area contributed by atoms with Crippen molar-refractivity contribution in [1.82, 2.24) is 9.88 Å². The summed E-state index contributed by atoms with van der Waals surface area (Å²) in [5.41, 5.74) is 0.391. The first-order chi connectivity index (χ1) is 8.58. The predicted molar refractivity (Wildman–Crippen MR) is 69.5 cm³/mol. The van der Waals surface area contributed by atoms with Crippen molar-refractivity contribution in [1.29, 1.82) is 0 Å². The Hall–Kier alpha value is -1.96. The predicted octanol–water partition coefficient (Wildman–Crippen LogP) is 0.888. The SMILES string of the molecule is CON=C(C(=O)OC)c1csc(N=CN(C)C)n1. The van der Waals surface area contributed by atoms with Crippen LogP contribution in [0.4, 0.5) is 5.13 Å². The summed E-state index contributed by atoms with van der Waals surface area (Å²) in [6, 6.07) is 0. The van der Waals surface area contributed by atoms with Gasteiger partial charge in [-0.1, -0.05) is 5.16 Å². The molecule has 0 aliphatic heterocycles. The molecule has 1 aromatic rings. The van der Waals surface area contributed by atoms with Gasteiger partial charge in [-0.05, 0) is 0 Å². The highest BCUT2D eigenvalue weighted by Crippen LogP contribution is 2.19. The average Bonchev–Trinajstić information content (AvgIpc) is 2.81. The molecule has 0 radical (unpaired) electrons. The van der Waals surface area contributed by atoms with Gasteiger partial charge in [-0.3, -0.25) is 0 Å². The molecule has 0 aliphatic carbocycles. The van der Waals surface area contributed by atoms with E-state index in [1.807, 2.05) is 14.1 Å². The number of thiazole rings is 1. The van der Waals surface area contributed by atoms with Crippen LogP contribution in [0.5, 0.6) is 0 Å². The number of hydrogen-bond acceptors (Lipinski definition) is 7. The van der Waals surface area contributed by atoms with Crippen molar-refractivity contribution in [3.05, 3.63) is 11.1 Å². The van der Waals surface area contributed by atoms with Gasteiger partial charge in [-0.15, -0.1) is 11.3 Å². The van der Waals surface area contributed by atoms with Crippen molar-refractivity contribution in [3.63, 3.8) is 0 Å². The lowest BCUT2D eigenvalue weighted by atomic mass is 10.3. The fourth-order valence-electron chi connectivity index (χ4n) is 0.974. The second kappa shape index (κ2) is 6.70. The maximum atomic E-state index is 11.5. The van der Waals surface area contributed by atoms with Crippen LogP contribution in [0, 0.1) is 0 Å². The Labute approximate surface area is 109 Å². The molecule has 0 bridgehead atoms. The van der Waals surface area contributed by atoms with Crippen LogP contribution in [0.3, 0.4) is 0 Å². The molecule has 0 N–H and O–H groups in total. The largest absolute Gasteiger partial charge is 0.464 e. The van der Waals surface area contributed by atoms with E-state index in [-0.39, 0.29) is 5.71 Å². The van der Waals surface area contributed by atoms with Gasteiger partial charge in [-0.25, -0.2) is 14.8 Å². The number of esters is 1. The molecule has 7 nitrogen and oxygen atoms in total. The number of rotatable bonds is 5. The van der Waals surface area contributed by atoms with Crippen molar-refractivity contribution in [3.8, 4) is 0 Å². The number of oxime groups is 1. The molecule has 0 aliphatic rings. The fourth-order valence-corrected chi connectivity index (χ4v) is 1.61. The van der Waals surface area contributed by atoms with Crippen molar-refractivity contribution in [2.24, 2.45) is 10.1 Å². The number of aromatic nitrogens is 1. The van der Waals surface area contributed by atoms with Gasteiger partial charge in [-0.2, -0.15) is 0 Å². The summed E-state index contributed by atoms with van der Waals surface area (Å²) >= 11 is 1.29. The van der Waals surface area contributed by atoms with Crippen molar-refractivity contribution in [2.45, 2.75) is 0 Å². The highest BCUT2D eigenvalue weighted by Gasteiger charge is 2.18. The first-order valence-electron chi connectivity index (χ1n) is 4.94. The van der Waals surface area contributed by atoms with E-state index in [9.17, 15) is 4.79 Å². The molecule has 98 valence electrons. The van der Waals surface area contributed by atoms with E-state index >= 15 is 0 Å². The summed E-state index contributed by atoms with van der Waals surface area (Å²) in [5, 5.41) is 5.78. The summed E-state index contributed by atoms with van der Waals surface area (Å²) in [7, 11) is 6.32. The van der Waals surface area contributed by atoms with Crippen molar-refractivity contribution < 1.29 is 14.4 Å². The van der Waals surface area contributed by atoms with Gasteiger partial charge in [0.15, 0.2) is 0 Å². The topological polar surface area (TPSA) is 76.4 Å². The summed E-state index contributed by atoms with van der Waals surface area (Å²) in [4.78, 5) is 26.1. The Morgan fingerprint density at radius 2 is 2.22 bits per heavy atom.